The molecule has 0 radical (unpaired) electrons. The third-order valence-electron chi connectivity index (χ3n) is 4.66. The highest BCUT2D eigenvalue weighted by atomic mass is 19.4. The number of methoxy groups -OCH3 is 1. The Labute approximate surface area is 191 Å². The van der Waals surface area contributed by atoms with Crippen molar-refractivity contribution in [2.75, 3.05) is 12.4 Å². The molecule has 15 heteroatoms. The van der Waals surface area contributed by atoms with Crippen LogP contribution in [-0.4, -0.2) is 44.1 Å². The Morgan fingerprint density at radius 1 is 1.03 bits per heavy atom. The van der Waals surface area contributed by atoms with Crippen LogP contribution in [0.5, 0.6) is 11.6 Å². The number of halogens is 4. The summed E-state index contributed by atoms with van der Waals surface area (Å²) in [6.45, 7) is 1.67. The smallest absolute Gasteiger partial charge is 0.491 e. The molecule has 0 fully saturated rings. The van der Waals surface area contributed by atoms with E-state index in [0.717, 1.165) is 0 Å². The number of rotatable bonds is 5. The second-order valence-corrected chi connectivity index (χ2v) is 6.96. The zero-order chi connectivity index (χ0) is 25.5. The van der Waals surface area contributed by atoms with Crippen LogP contribution in [0.2, 0.25) is 0 Å². The Morgan fingerprint density at radius 3 is 2.37 bits per heavy atom. The van der Waals surface area contributed by atoms with Gasteiger partial charge in [0.15, 0.2) is 0 Å². The van der Waals surface area contributed by atoms with Gasteiger partial charge in [-0.1, -0.05) is 0 Å². The van der Waals surface area contributed by atoms with E-state index in [1.54, 1.807) is 25.1 Å². The number of carbonyl (C=O) groups is 1. The molecule has 0 amide bonds. The summed E-state index contributed by atoms with van der Waals surface area (Å²) in [5.41, 5.74) is -0.470. The molecule has 180 valence electrons. The Balaban J connectivity index is 1.82. The van der Waals surface area contributed by atoms with E-state index < -0.39 is 45.8 Å². The lowest BCUT2D eigenvalue weighted by Crippen LogP contribution is -2.28. The molecule has 0 bridgehead atoms. The summed E-state index contributed by atoms with van der Waals surface area (Å²) in [6, 6.07) is 6.16. The van der Waals surface area contributed by atoms with Gasteiger partial charge in [-0.25, -0.2) is 19.7 Å². The van der Waals surface area contributed by atoms with Crippen LogP contribution in [0.25, 0.3) is 21.8 Å². The summed E-state index contributed by atoms with van der Waals surface area (Å²) in [5.74, 6) is -4.90. The highest BCUT2D eigenvalue weighted by Crippen LogP contribution is 2.32. The van der Waals surface area contributed by atoms with Crippen LogP contribution in [0.1, 0.15) is 5.69 Å². The van der Waals surface area contributed by atoms with Gasteiger partial charge >= 0.3 is 17.8 Å². The van der Waals surface area contributed by atoms with E-state index >= 15 is 0 Å². The van der Waals surface area contributed by atoms with Crippen molar-refractivity contribution in [2.24, 2.45) is 0 Å². The SMILES string of the molecule is COc1ccc2nc(Nc3nc(OC(=O)C(F)(F)F)c4cc([N+](=O)[O-])c(F)cc4n3)nc(C)c2c1. The fourth-order valence-corrected chi connectivity index (χ4v) is 3.07. The lowest BCUT2D eigenvalue weighted by atomic mass is 10.2. The van der Waals surface area contributed by atoms with Gasteiger partial charge in [-0.05, 0) is 25.1 Å². The summed E-state index contributed by atoms with van der Waals surface area (Å²) in [7, 11) is 1.49. The van der Waals surface area contributed by atoms with E-state index in [1.165, 1.54) is 7.11 Å². The fourth-order valence-electron chi connectivity index (χ4n) is 3.07. The van der Waals surface area contributed by atoms with Gasteiger partial charge < -0.3 is 9.47 Å². The zero-order valence-corrected chi connectivity index (χ0v) is 17.7. The van der Waals surface area contributed by atoms with Gasteiger partial charge in [0.1, 0.15) is 5.75 Å². The van der Waals surface area contributed by atoms with E-state index in [0.29, 0.717) is 34.5 Å². The molecule has 11 nitrogen and oxygen atoms in total. The van der Waals surface area contributed by atoms with Gasteiger partial charge in [-0.2, -0.15) is 22.5 Å². The minimum Gasteiger partial charge on any atom is -0.497 e. The van der Waals surface area contributed by atoms with Gasteiger partial charge in [0.05, 0.1) is 34.1 Å². The number of carbonyl (C=O) groups excluding carboxylic acids is 1. The summed E-state index contributed by atoms with van der Waals surface area (Å²) in [5, 5.41) is 13.8. The molecular formula is C20H12F4N6O5. The molecule has 0 unspecified atom stereocenters. The number of fused-ring (bicyclic) bond motifs is 2. The van der Waals surface area contributed by atoms with Crippen molar-refractivity contribution in [3.63, 3.8) is 0 Å². The molecular weight excluding hydrogens is 480 g/mol. The first kappa shape index (κ1) is 23.5. The number of aryl methyl sites for hydroxylation is 1. The number of nitro benzene ring substituents is 1. The number of nitrogens with zero attached hydrogens (tertiary/aromatic N) is 5. The molecule has 2 aromatic heterocycles. The summed E-state index contributed by atoms with van der Waals surface area (Å²) < 4.78 is 61.9. The number of anilines is 2. The van der Waals surface area contributed by atoms with Crippen molar-refractivity contribution in [1.82, 2.24) is 19.9 Å². The van der Waals surface area contributed by atoms with E-state index in [-0.39, 0.29) is 11.5 Å². The number of nitro groups is 1. The standard InChI is InChI=1S/C20H12F4N6O5/c1-8-10-5-9(34-2)3-4-13(10)26-18(25-8)29-19-27-14-7-12(21)15(30(32)33)6-11(14)16(28-19)35-17(31)20(22,23)24/h3-7H,1-2H3,(H,25,26,27,28,29). The molecule has 4 aromatic rings. The normalized spacial score (nSPS) is 11.5. The third-order valence-corrected chi connectivity index (χ3v) is 4.66. The Kier molecular flexibility index (Phi) is 5.76. The van der Waals surface area contributed by atoms with Crippen LogP contribution in [0.4, 0.5) is 35.1 Å². The number of hydrogen-bond acceptors (Lipinski definition) is 10. The predicted molar refractivity (Wildman–Crippen MR) is 112 cm³/mol. The average molecular weight is 492 g/mol. The van der Waals surface area contributed by atoms with Gasteiger partial charge in [-0.15, -0.1) is 0 Å². The Hall–Kier alpha value is -4.69. The quantitative estimate of drug-likeness (QED) is 0.187. The van der Waals surface area contributed by atoms with E-state index in [9.17, 15) is 32.5 Å². The van der Waals surface area contributed by atoms with Crippen molar-refractivity contribution in [2.45, 2.75) is 13.1 Å². The molecule has 35 heavy (non-hydrogen) atoms. The van der Waals surface area contributed by atoms with Crippen LogP contribution in [-0.2, 0) is 4.79 Å². The molecule has 2 heterocycles. The maximum absolute atomic E-state index is 14.2. The van der Waals surface area contributed by atoms with E-state index in [2.05, 4.69) is 30.0 Å². The van der Waals surface area contributed by atoms with E-state index in [4.69, 9.17) is 4.74 Å². The van der Waals surface area contributed by atoms with Gasteiger partial charge in [0, 0.05) is 17.5 Å². The molecule has 0 aliphatic heterocycles. The minimum atomic E-state index is -5.39. The first-order chi connectivity index (χ1) is 16.5. The maximum Gasteiger partial charge on any atom is 0.491 e. The Morgan fingerprint density at radius 2 is 1.71 bits per heavy atom. The van der Waals surface area contributed by atoms with Gasteiger partial charge in [-0.3, -0.25) is 15.4 Å². The first-order valence-corrected chi connectivity index (χ1v) is 9.50. The lowest BCUT2D eigenvalue weighted by molar-refractivity contribution is -0.387. The summed E-state index contributed by atoms with van der Waals surface area (Å²) in [6.07, 6.45) is -5.39. The van der Waals surface area contributed by atoms with Gasteiger partial charge in [0.25, 0.3) is 0 Å². The number of nitrogens with one attached hydrogen (secondary N) is 1. The van der Waals surface area contributed by atoms with Crippen molar-refractivity contribution < 1.29 is 36.8 Å². The molecule has 0 saturated carbocycles. The van der Waals surface area contributed by atoms with Crippen LogP contribution >= 0.6 is 0 Å². The molecule has 0 atom stereocenters. The topological polar surface area (TPSA) is 142 Å². The molecule has 0 aliphatic rings. The summed E-state index contributed by atoms with van der Waals surface area (Å²) in [4.78, 5) is 37.5. The minimum absolute atomic E-state index is 0.0741. The van der Waals surface area contributed by atoms with E-state index in [1.807, 2.05) is 0 Å². The van der Waals surface area contributed by atoms with Crippen LogP contribution in [0.3, 0.4) is 0 Å². The number of hydrogen-bond donors (Lipinski definition) is 1. The van der Waals surface area contributed by atoms with Crippen molar-refractivity contribution in [3.05, 3.63) is 52.0 Å². The maximum atomic E-state index is 14.2. The second kappa shape index (κ2) is 8.58. The number of esters is 1. The third kappa shape index (κ3) is 4.68. The average Bonchev–Trinajstić information content (AvgIpc) is 2.77. The first-order valence-electron chi connectivity index (χ1n) is 9.50. The molecule has 0 saturated heterocycles. The highest BCUT2D eigenvalue weighted by molar-refractivity contribution is 5.90. The Bertz CT molecular complexity index is 1510. The van der Waals surface area contributed by atoms with Crippen molar-refractivity contribution in [1.29, 1.82) is 0 Å². The number of benzene rings is 2. The lowest BCUT2D eigenvalue weighted by Gasteiger charge is -2.12. The largest absolute Gasteiger partial charge is 0.497 e. The monoisotopic (exact) mass is 492 g/mol. The number of aromatic nitrogens is 4. The predicted octanol–water partition coefficient (Wildman–Crippen LogP) is 4.15. The van der Waals surface area contributed by atoms with Crippen LogP contribution in [0, 0.1) is 22.9 Å². The highest BCUT2D eigenvalue weighted by Gasteiger charge is 2.42. The van der Waals surface area contributed by atoms with Gasteiger partial charge in [0.2, 0.25) is 23.6 Å². The van der Waals surface area contributed by atoms with Crippen LogP contribution in [0.15, 0.2) is 30.3 Å². The molecule has 2 aromatic carbocycles. The number of alkyl halides is 3. The molecule has 4 rings (SSSR count). The molecule has 1 N–H and O–H groups in total. The van der Waals surface area contributed by atoms with Crippen LogP contribution < -0.4 is 14.8 Å². The molecule has 0 aliphatic carbocycles. The fraction of sp³-hybridized carbons (Fsp3) is 0.150. The second-order valence-electron chi connectivity index (χ2n) is 6.96. The van der Waals surface area contributed by atoms with Crippen molar-refractivity contribution >= 4 is 45.4 Å². The summed E-state index contributed by atoms with van der Waals surface area (Å²) >= 11 is 0. The number of ether oxygens (including phenoxy) is 2. The molecule has 0 spiro atoms. The van der Waals surface area contributed by atoms with Crippen molar-refractivity contribution in [3.8, 4) is 11.6 Å². The zero-order valence-electron chi connectivity index (χ0n) is 17.7.